The summed E-state index contributed by atoms with van der Waals surface area (Å²) in [5, 5.41) is 0. The first kappa shape index (κ1) is 71.1. The van der Waals surface area contributed by atoms with Gasteiger partial charge in [0.2, 0.25) is 0 Å². The second-order valence-corrected chi connectivity index (χ2v) is 20.5. The quantitative estimate of drug-likeness (QED) is 0.0261. The van der Waals surface area contributed by atoms with E-state index in [1.807, 2.05) is 0 Å². The van der Waals surface area contributed by atoms with E-state index in [0.29, 0.717) is 19.3 Å². The predicted molar refractivity (Wildman–Crippen MR) is 325 cm³/mol. The summed E-state index contributed by atoms with van der Waals surface area (Å²) in [4.78, 5) is 38.3. The molecule has 0 saturated heterocycles. The molecule has 0 aromatic rings. The highest BCUT2D eigenvalue weighted by Crippen LogP contribution is 2.16. The van der Waals surface area contributed by atoms with Crippen LogP contribution in [-0.2, 0) is 28.6 Å². The maximum atomic E-state index is 12.9. The maximum absolute atomic E-state index is 12.9. The minimum absolute atomic E-state index is 0.0907. The summed E-state index contributed by atoms with van der Waals surface area (Å²) in [6.07, 6.45) is 85.2. The summed E-state index contributed by atoms with van der Waals surface area (Å²) < 4.78 is 16.9. The molecular weight excluding hydrogens is 925 g/mol. The van der Waals surface area contributed by atoms with Crippen molar-refractivity contribution in [2.24, 2.45) is 0 Å². The summed E-state index contributed by atoms with van der Waals surface area (Å²) in [6.45, 7) is 6.39. The van der Waals surface area contributed by atoms with Gasteiger partial charge in [-0.15, -0.1) is 0 Å². The summed E-state index contributed by atoms with van der Waals surface area (Å²) in [5.41, 5.74) is 0. The van der Waals surface area contributed by atoms with Gasteiger partial charge in [-0.2, -0.15) is 0 Å². The van der Waals surface area contributed by atoms with E-state index in [9.17, 15) is 14.4 Å². The summed E-state index contributed by atoms with van der Waals surface area (Å²) in [5.74, 6) is -0.918. The molecule has 6 heteroatoms. The van der Waals surface area contributed by atoms with Gasteiger partial charge in [0.15, 0.2) is 6.10 Å². The molecule has 0 N–H and O–H groups in total. The minimum Gasteiger partial charge on any atom is -0.462 e. The van der Waals surface area contributed by atoms with Gasteiger partial charge in [0.25, 0.3) is 0 Å². The second kappa shape index (κ2) is 62.6. The molecule has 0 rings (SSSR count). The molecule has 0 amide bonds. The Morgan fingerprint density at radius 3 is 0.827 bits per heavy atom. The highest BCUT2D eigenvalue weighted by atomic mass is 16.6. The molecule has 0 saturated carbocycles. The van der Waals surface area contributed by atoms with E-state index in [1.54, 1.807) is 0 Å². The Hall–Kier alpha value is -3.93. The lowest BCUT2D eigenvalue weighted by molar-refractivity contribution is -0.167. The van der Waals surface area contributed by atoms with Crippen LogP contribution < -0.4 is 0 Å². The van der Waals surface area contributed by atoms with E-state index in [4.69, 9.17) is 14.2 Å². The van der Waals surface area contributed by atoms with Gasteiger partial charge in [-0.25, -0.2) is 0 Å². The molecule has 428 valence electrons. The van der Waals surface area contributed by atoms with Crippen LogP contribution in [0.3, 0.4) is 0 Å². The Labute approximate surface area is 463 Å². The number of carbonyl (C=O) groups excluding carboxylic acids is 3. The fourth-order valence-corrected chi connectivity index (χ4v) is 8.60. The number of rotatable bonds is 56. The lowest BCUT2D eigenvalue weighted by atomic mass is 10.0. The Kier molecular flexibility index (Phi) is 59.3. The molecule has 0 radical (unpaired) electrons. The maximum Gasteiger partial charge on any atom is 0.306 e. The third kappa shape index (κ3) is 60.8. The second-order valence-electron chi connectivity index (χ2n) is 20.5. The van der Waals surface area contributed by atoms with Crippen molar-refractivity contribution in [3.05, 3.63) is 109 Å². The first-order valence-corrected chi connectivity index (χ1v) is 31.4. The van der Waals surface area contributed by atoms with Gasteiger partial charge in [0, 0.05) is 19.3 Å². The highest BCUT2D eigenvalue weighted by molar-refractivity contribution is 5.71. The first-order chi connectivity index (χ1) is 37.0. The minimum atomic E-state index is -0.796. The molecule has 0 bridgehead atoms. The van der Waals surface area contributed by atoms with E-state index in [2.05, 4.69) is 130 Å². The zero-order chi connectivity index (χ0) is 54.3. The molecule has 6 nitrogen and oxygen atoms in total. The molecule has 0 aromatic carbocycles. The van der Waals surface area contributed by atoms with Crippen molar-refractivity contribution in [3.63, 3.8) is 0 Å². The third-order valence-corrected chi connectivity index (χ3v) is 13.2. The summed E-state index contributed by atoms with van der Waals surface area (Å²) in [6, 6.07) is 0. The molecule has 0 aliphatic rings. The van der Waals surface area contributed by atoms with E-state index in [-0.39, 0.29) is 31.1 Å². The van der Waals surface area contributed by atoms with Crippen molar-refractivity contribution in [1.82, 2.24) is 0 Å². The lowest BCUT2D eigenvalue weighted by Gasteiger charge is -2.18. The molecule has 0 fully saturated rings. The largest absolute Gasteiger partial charge is 0.462 e. The zero-order valence-corrected chi connectivity index (χ0v) is 49.0. The van der Waals surface area contributed by atoms with E-state index in [0.717, 1.165) is 128 Å². The molecule has 1 atom stereocenters. The average Bonchev–Trinajstić information content (AvgIpc) is 3.41. The molecule has 0 aromatic heterocycles. The number of hydrogen-bond donors (Lipinski definition) is 0. The Balaban J connectivity index is 4.31. The van der Waals surface area contributed by atoms with Crippen molar-refractivity contribution in [2.75, 3.05) is 13.2 Å². The number of unbranched alkanes of at least 4 members (excludes halogenated alkanes) is 27. The van der Waals surface area contributed by atoms with E-state index >= 15 is 0 Å². The fraction of sp³-hybridized carbons (Fsp3) is 0.696. The Morgan fingerprint density at radius 1 is 0.280 bits per heavy atom. The van der Waals surface area contributed by atoms with Gasteiger partial charge < -0.3 is 14.2 Å². The summed E-state index contributed by atoms with van der Waals surface area (Å²) >= 11 is 0. The zero-order valence-electron chi connectivity index (χ0n) is 49.0. The smallest absolute Gasteiger partial charge is 0.306 e. The van der Waals surface area contributed by atoms with Gasteiger partial charge in [-0.05, 0) is 122 Å². The number of ether oxygens (including phenoxy) is 3. The van der Waals surface area contributed by atoms with Gasteiger partial charge in [-0.3, -0.25) is 14.4 Å². The van der Waals surface area contributed by atoms with Gasteiger partial charge >= 0.3 is 17.9 Å². The Bertz CT molecular complexity index is 1520. The number of hydrogen-bond acceptors (Lipinski definition) is 6. The number of esters is 3. The van der Waals surface area contributed by atoms with Gasteiger partial charge in [0.1, 0.15) is 13.2 Å². The van der Waals surface area contributed by atoms with Crippen LogP contribution in [0.25, 0.3) is 0 Å². The fourth-order valence-electron chi connectivity index (χ4n) is 8.60. The molecule has 0 spiro atoms. The monoisotopic (exact) mass is 1040 g/mol. The van der Waals surface area contributed by atoms with Crippen LogP contribution in [0.5, 0.6) is 0 Å². The van der Waals surface area contributed by atoms with Crippen molar-refractivity contribution < 1.29 is 28.6 Å². The molecule has 0 aliphatic heterocycles. The third-order valence-electron chi connectivity index (χ3n) is 13.2. The molecule has 1 unspecified atom stereocenters. The Morgan fingerprint density at radius 2 is 0.520 bits per heavy atom. The van der Waals surface area contributed by atoms with Crippen LogP contribution >= 0.6 is 0 Å². The van der Waals surface area contributed by atoms with E-state index < -0.39 is 6.10 Å². The number of carbonyl (C=O) groups is 3. The van der Waals surface area contributed by atoms with Crippen molar-refractivity contribution >= 4 is 17.9 Å². The standard InChI is InChI=1S/C69H116O6/c1-4-7-10-13-16-19-22-25-27-29-30-31-32-33-34-35-36-37-38-40-41-44-47-50-53-56-59-62-68(71)74-65-66(64-73-67(70)61-58-55-52-49-46-43-24-21-18-15-12-9-6-3)75-69(72)63-60-57-54-51-48-45-42-39-28-26-23-20-17-14-11-8-5-2/h7-8,10-11,16-17,19-21,24-28,30-31,42,45,66H,4-6,9,12-15,18,22-23,29,32-41,43-44,46-65H2,1-3H3/b10-7-,11-8-,19-16-,20-17-,24-21-,27-25-,28-26-,31-30-,45-42-. The highest BCUT2D eigenvalue weighted by Gasteiger charge is 2.19. The van der Waals surface area contributed by atoms with Crippen LogP contribution in [0.4, 0.5) is 0 Å². The first-order valence-electron chi connectivity index (χ1n) is 31.4. The number of allylic oxidation sites excluding steroid dienone is 18. The van der Waals surface area contributed by atoms with Crippen molar-refractivity contribution in [1.29, 1.82) is 0 Å². The predicted octanol–water partition coefficient (Wildman–Crippen LogP) is 21.4. The van der Waals surface area contributed by atoms with Crippen LogP contribution in [0, 0.1) is 0 Å². The van der Waals surface area contributed by atoms with Crippen molar-refractivity contribution in [3.8, 4) is 0 Å². The van der Waals surface area contributed by atoms with Crippen LogP contribution in [-0.4, -0.2) is 37.2 Å². The summed E-state index contributed by atoms with van der Waals surface area (Å²) in [7, 11) is 0. The molecule has 75 heavy (non-hydrogen) atoms. The normalized spacial score (nSPS) is 12.8. The SMILES string of the molecule is CC/C=C\C/C=C\C/C=C\C/C=C\CCCCCCCCCCCCCCCCC(=O)OCC(COC(=O)CCCCCCC/C=C\CCCCCC)OC(=O)CCCCCC/C=C\C/C=C\C/C=C\C/C=C\CC. The topological polar surface area (TPSA) is 78.9 Å². The van der Waals surface area contributed by atoms with Gasteiger partial charge in [-0.1, -0.05) is 259 Å². The average molecular weight is 1040 g/mol. The molecular formula is C69H116O6. The lowest BCUT2D eigenvalue weighted by Crippen LogP contribution is -2.30. The van der Waals surface area contributed by atoms with Crippen LogP contribution in [0.1, 0.15) is 290 Å². The molecule has 0 heterocycles. The van der Waals surface area contributed by atoms with Crippen molar-refractivity contribution in [2.45, 2.75) is 297 Å². The van der Waals surface area contributed by atoms with Crippen LogP contribution in [0.15, 0.2) is 109 Å². The van der Waals surface area contributed by atoms with Crippen LogP contribution in [0.2, 0.25) is 0 Å². The molecule has 0 aliphatic carbocycles. The van der Waals surface area contributed by atoms with Gasteiger partial charge in [0.05, 0.1) is 0 Å². The van der Waals surface area contributed by atoms with E-state index in [1.165, 1.54) is 122 Å².